The summed E-state index contributed by atoms with van der Waals surface area (Å²) in [4.78, 5) is 14.3. The summed E-state index contributed by atoms with van der Waals surface area (Å²) < 4.78 is 7.26. The largest absolute Gasteiger partial charge is 0.460 e. The van der Waals surface area contributed by atoms with E-state index in [0.29, 0.717) is 6.54 Å². The molecule has 1 heterocycles. The minimum absolute atomic E-state index is 0.164. The number of hydrogen-bond acceptors (Lipinski definition) is 4. The van der Waals surface area contributed by atoms with E-state index in [1.54, 1.807) is 4.68 Å². The van der Waals surface area contributed by atoms with Crippen LogP contribution < -0.4 is 0 Å². The molecule has 1 aromatic heterocycles. The zero-order chi connectivity index (χ0) is 15.6. The maximum absolute atomic E-state index is 12.2. The van der Waals surface area contributed by atoms with Crippen LogP contribution in [0.2, 0.25) is 0 Å². The summed E-state index contributed by atoms with van der Waals surface area (Å²) in [5.74, 6) is -0.164. The van der Waals surface area contributed by atoms with E-state index in [1.165, 1.54) is 0 Å². The van der Waals surface area contributed by atoms with Crippen LogP contribution in [0.15, 0.2) is 12.4 Å². The molecule has 0 aliphatic heterocycles. The molecule has 0 aromatic carbocycles. The molecule has 0 spiro atoms. The highest BCUT2D eigenvalue weighted by molar-refractivity contribution is 5.76. The van der Waals surface area contributed by atoms with Gasteiger partial charge in [-0.25, -0.2) is 0 Å². The molecule has 0 amide bonds. The van der Waals surface area contributed by atoms with Gasteiger partial charge in [0.15, 0.2) is 0 Å². The number of carbonyl (C=O) groups excluding carboxylic acids is 1. The van der Waals surface area contributed by atoms with Crippen molar-refractivity contribution in [2.75, 3.05) is 13.6 Å². The van der Waals surface area contributed by atoms with Crippen LogP contribution >= 0.6 is 0 Å². The molecule has 0 radical (unpaired) electrons. The van der Waals surface area contributed by atoms with Crippen molar-refractivity contribution in [2.45, 2.75) is 46.8 Å². The van der Waals surface area contributed by atoms with Gasteiger partial charge in [-0.1, -0.05) is 0 Å². The lowest BCUT2D eigenvalue weighted by Gasteiger charge is -2.31. The Morgan fingerprint density at radius 1 is 1.35 bits per heavy atom. The second-order valence-electron chi connectivity index (χ2n) is 7.08. The topological polar surface area (TPSA) is 47.4 Å². The molecule has 114 valence electrons. The lowest BCUT2D eigenvalue weighted by atomic mass is 9.92. The van der Waals surface area contributed by atoms with Gasteiger partial charge >= 0.3 is 5.97 Å². The summed E-state index contributed by atoms with van der Waals surface area (Å²) >= 11 is 0. The molecule has 0 saturated heterocycles. The van der Waals surface area contributed by atoms with Gasteiger partial charge in [-0.05, 0) is 41.7 Å². The lowest BCUT2D eigenvalue weighted by Crippen LogP contribution is -2.41. The van der Waals surface area contributed by atoms with E-state index >= 15 is 0 Å². The molecular formula is C15H27N3O2. The highest BCUT2D eigenvalue weighted by Crippen LogP contribution is 2.23. The van der Waals surface area contributed by atoms with Gasteiger partial charge in [0.1, 0.15) is 5.60 Å². The molecule has 0 aliphatic rings. The van der Waals surface area contributed by atoms with E-state index < -0.39 is 11.0 Å². The van der Waals surface area contributed by atoms with Crippen LogP contribution in [0.1, 0.15) is 40.2 Å². The molecule has 0 saturated carbocycles. The molecule has 0 aliphatic carbocycles. The van der Waals surface area contributed by atoms with Gasteiger partial charge in [-0.2, -0.15) is 5.10 Å². The zero-order valence-corrected chi connectivity index (χ0v) is 13.7. The van der Waals surface area contributed by atoms with Crippen molar-refractivity contribution in [3.8, 4) is 0 Å². The zero-order valence-electron chi connectivity index (χ0n) is 13.7. The van der Waals surface area contributed by atoms with Crippen LogP contribution in [0, 0.1) is 5.41 Å². The maximum atomic E-state index is 12.2. The number of aryl methyl sites for hydroxylation is 1. The minimum Gasteiger partial charge on any atom is -0.460 e. The quantitative estimate of drug-likeness (QED) is 0.776. The number of hydrogen-bond donors (Lipinski definition) is 0. The monoisotopic (exact) mass is 281 g/mol. The summed E-state index contributed by atoms with van der Waals surface area (Å²) in [6, 6.07) is 0. The molecule has 0 bridgehead atoms. The van der Waals surface area contributed by atoms with E-state index in [-0.39, 0.29) is 5.97 Å². The van der Waals surface area contributed by atoms with Crippen molar-refractivity contribution < 1.29 is 9.53 Å². The Kier molecular flexibility index (Phi) is 4.97. The maximum Gasteiger partial charge on any atom is 0.313 e. The predicted octanol–water partition coefficient (Wildman–Crippen LogP) is 2.22. The first-order valence-corrected chi connectivity index (χ1v) is 6.89. The van der Waals surface area contributed by atoms with Gasteiger partial charge in [0.2, 0.25) is 0 Å². The van der Waals surface area contributed by atoms with Gasteiger partial charge in [0.05, 0.1) is 11.6 Å². The Morgan fingerprint density at radius 3 is 2.40 bits per heavy atom. The van der Waals surface area contributed by atoms with Gasteiger partial charge in [-0.15, -0.1) is 0 Å². The Labute approximate surface area is 121 Å². The van der Waals surface area contributed by atoms with Crippen LogP contribution in [-0.4, -0.2) is 39.8 Å². The van der Waals surface area contributed by atoms with Gasteiger partial charge < -0.3 is 9.64 Å². The van der Waals surface area contributed by atoms with Crippen LogP contribution in [-0.2, 0) is 23.1 Å². The Hall–Kier alpha value is -1.36. The molecule has 0 fully saturated rings. The van der Waals surface area contributed by atoms with Crippen molar-refractivity contribution in [2.24, 2.45) is 12.5 Å². The van der Waals surface area contributed by atoms with Crippen LogP contribution in [0.4, 0.5) is 0 Å². The fraction of sp³-hybridized carbons (Fsp3) is 0.733. The number of aromatic nitrogens is 2. The normalized spacial score (nSPS) is 12.8. The van der Waals surface area contributed by atoms with E-state index in [4.69, 9.17) is 4.74 Å². The number of rotatable bonds is 5. The average Bonchev–Trinajstić information content (AvgIpc) is 2.60. The summed E-state index contributed by atoms with van der Waals surface area (Å²) in [6.07, 6.45) is 3.83. The molecular weight excluding hydrogens is 254 g/mol. The summed E-state index contributed by atoms with van der Waals surface area (Å²) in [5, 5.41) is 4.15. The van der Waals surface area contributed by atoms with E-state index in [9.17, 15) is 4.79 Å². The van der Waals surface area contributed by atoms with E-state index in [2.05, 4.69) is 10.00 Å². The molecule has 0 atom stereocenters. The Bertz CT molecular complexity index is 458. The van der Waals surface area contributed by atoms with Crippen LogP contribution in [0.5, 0.6) is 0 Å². The highest BCUT2D eigenvalue weighted by atomic mass is 16.6. The molecule has 1 rings (SSSR count). The Balaban J connectivity index is 2.58. The number of ether oxygens (including phenoxy) is 1. The van der Waals surface area contributed by atoms with Crippen LogP contribution in [0.25, 0.3) is 0 Å². The molecule has 5 nitrogen and oxygen atoms in total. The summed E-state index contributed by atoms with van der Waals surface area (Å²) in [7, 11) is 3.90. The minimum atomic E-state index is -0.537. The first kappa shape index (κ1) is 16.7. The van der Waals surface area contributed by atoms with Crippen molar-refractivity contribution >= 4 is 5.97 Å². The number of nitrogens with zero attached hydrogens (tertiary/aromatic N) is 3. The standard InChI is InChI=1S/C15H27N3O2/c1-14(2,3)20-13(19)15(4,5)11-17(6)9-12-8-16-18(7)10-12/h8,10H,9,11H2,1-7H3. The van der Waals surface area contributed by atoms with E-state index in [1.807, 2.05) is 61.1 Å². The summed E-state index contributed by atoms with van der Waals surface area (Å²) in [5.41, 5.74) is 0.149. The fourth-order valence-electron chi connectivity index (χ4n) is 2.08. The smallest absolute Gasteiger partial charge is 0.313 e. The molecule has 5 heteroatoms. The van der Waals surface area contributed by atoms with Crippen molar-refractivity contribution in [3.63, 3.8) is 0 Å². The van der Waals surface area contributed by atoms with Gasteiger partial charge in [-0.3, -0.25) is 9.48 Å². The van der Waals surface area contributed by atoms with E-state index in [0.717, 1.165) is 12.1 Å². The van der Waals surface area contributed by atoms with Crippen molar-refractivity contribution in [3.05, 3.63) is 18.0 Å². The van der Waals surface area contributed by atoms with Gasteiger partial charge in [0.25, 0.3) is 0 Å². The lowest BCUT2D eigenvalue weighted by molar-refractivity contribution is -0.166. The third-order valence-electron chi connectivity index (χ3n) is 2.83. The molecule has 0 N–H and O–H groups in total. The third-order valence-corrected chi connectivity index (χ3v) is 2.83. The molecule has 1 aromatic rings. The van der Waals surface area contributed by atoms with Crippen LogP contribution in [0.3, 0.4) is 0 Å². The molecule has 0 unspecified atom stereocenters. The number of esters is 1. The average molecular weight is 281 g/mol. The predicted molar refractivity (Wildman–Crippen MR) is 79.2 cm³/mol. The summed E-state index contributed by atoms with van der Waals surface area (Å²) in [6.45, 7) is 10.9. The first-order valence-electron chi connectivity index (χ1n) is 6.89. The number of carbonyl (C=O) groups is 1. The second kappa shape index (κ2) is 5.95. The Morgan fingerprint density at radius 2 is 1.95 bits per heavy atom. The van der Waals surface area contributed by atoms with Crippen molar-refractivity contribution in [1.82, 2.24) is 14.7 Å². The SMILES string of the molecule is CN(Cc1cnn(C)c1)CC(C)(C)C(=O)OC(C)(C)C. The fourth-order valence-corrected chi connectivity index (χ4v) is 2.08. The van der Waals surface area contributed by atoms with Crippen molar-refractivity contribution in [1.29, 1.82) is 0 Å². The highest BCUT2D eigenvalue weighted by Gasteiger charge is 2.33. The third kappa shape index (κ3) is 5.33. The molecule has 20 heavy (non-hydrogen) atoms. The van der Waals surface area contributed by atoms with Gasteiger partial charge in [0, 0.05) is 31.9 Å². The second-order valence-corrected chi connectivity index (χ2v) is 7.08. The first-order chi connectivity index (χ1) is 8.99.